The minimum absolute atomic E-state index is 0.0184. The second kappa shape index (κ2) is 8.61. The van der Waals surface area contributed by atoms with Crippen LogP contribution in [-0.2, 0) is 4.79 Å². The fourth-order valence-electron chi connectivity index (χ4n) is 4.78. The number of aromatic nitrogens is 2. The Balaban J connectivity index is 1.43. The SMILES string of the molecule is C=C(C)CN1C(=O)N[C@@](CC)(C2CCN(C(=O)c3cnn(-c4ccccc4)c3)CC2)C1=O. The van der Waals surface area contributed by atoms with Gasteiger partial charge in [-0.2, -0.15) is 5.10 Å². The van der Waals surface area contributed by atoms with E-state index in [1.54, 1.807) is 28.9 Å². The summed E-state index contributed by atoms with van der Waals surface area (Å²) < 4.78 is 1.69. The van der Waals surface area contributed by atoms with Crippen molar-refractivity contribution < 1.29 is 14.4 Å². The van der Waals surface area contributed by atoms with Crippen LogP contribution in [0.15, 0.2) is 54.9 Å². The largest absolute Gasteiger partial charge is 0.339 e. The van der Waals surface area contributed by atoms with Crippen LogP contribution in [0.1, 0.15) is 43.5 Å². The van der Waals surface area contributed by atoms with Gasteiger partial charge in [0, 0.05) is 19.3 Å². The second-order valence-electron chi connectivity index (χ2n) is 8.68. The molecule has 8 heteroatoms. The molecule has 3 heterocycles. The summed E-state index contributed by atoms with van der Waals surface area (Å²) in [6.45, 7) is 8.86. The first-order valence-electron chi connectivity index (χ1n) is 11.0. The molecule has 2 aliphatic rings. The molecule has 0 radical (unpaired) electrons. The van der Waals surface area contributed by atoms with E-state index >= 15 is 0 Å². The molecule has 4 rings (SSSR count). The fourth-order valence-corrected chi connectivity index (χ4v) is 4.78. The summed E-state index contributed by atoms with van der Waals surface area (Å²) in [7, 11) is 0. The number of piperidine rings is 1. The van der Waals surface area contributed by atoms with Gasteiger partial charge < -0.3 is 10.2 Å². The Morgan fingerprint density at radius 3 is 2.53 bits per heavy atom. The van der Waals surface area contributed by atoms with Gasteiger partial charge in [0.1, 0.15) is 5.54 Å². The number of nitrogens with one attached hydrogen (secondary N) is 1. The maximum Gasteiger partial charge on any atom is 0.325 e. The summed E-state index contributed by atoms with van der Waals surface area (Å²) >= 11 is 0. The van der Waals surface area contributed by atoms with Gasteiger partial charge >= 0.3 is 6.03 Å². The van der Waals surface area contributed by atoms with Crippen LogP contribution in [0.4, 0.5) is 4.79 Å². The summed E-state index contributed by atoms with van der Waals surface area (Å²) in [5, 5.41) is 7.29. The molecule has 2 aromatic rings. The van der Waals surface area contributed by atoms with E-state index in [0.29, 0.717) is 37.9 Å². The minimum Gasteiger partial charge on any atom is -0.339 e. The van der Waals surface area contributed by atoms with Gasteiger partial charge in [-0.3, -0.25) is 14.5 Å². The quantitative estimate of drug-likeness (QED) is 0.558. The zero-order valence-electron chi connectivity index (χ0n) is 18.6. The number of para-hydroxylation sites is 1. The first kappa shape index (κ1) is 21.8. The fraction of sp³-hybridized carbons (Fsp3) is 0.417. The molecule has 0 aliphatic carbocycles. The van der Waals surface area contributed by atoms with Crippen molar-refractivity contribution in [3.63, 3.8) is 0 Å². The lowest BCUT2D eigenvalue weighted by Gasteiger charge is -2.40. The Hall–Kier alpha value is -3.42. The molecule has 2 saturated heterocycles. The van der Waals surface area contributed by atoms with Gasteiger partial charge in [-0.25, -0.2) is 9.48 Å². The molecule has 1 N–H and O–H groups in total. The van der Waals surface area contributed by atoms with Gasteiger partial charge in [0.15, 0.2) is 0 Å². The van der Waals surface area contributed by atoms with Crippen molar-refractivity contribution in [2.24, 2.45) is 5.92 Å². The number of amides is 4. The maximum atomic E-state index is 13.2. The number of nitrogens with zero attached hydrogens (tertiary/aromatic N) is 4. The number of hydrogen-bond donors (Lipinski definition) is 1. The molecule has 0 spiro atoms. The molecule has 0 bridgehead atoms. The molecule has 32 heavy (non-hydrogen) atoms. The summed E-state index contributed by atoms with van der Waals surface area (Å²) in [4.78, 5) is 41.8. The molecule has 0 saturated carbocycles. The number of carbonyl (C=O) groups is 3. The van der Waals surface area contributed by atoms with Crippen molar-refractivity contribution in [2.75, 3.05) is 19.6 Å². The van der Waals surface area contributed by atoms with Crippen LogP contribution < -0.4 is 5.32 Å². The highest BCUT2D eigenvalue weighted by molar-refractivity contribution is 6.07. The maximum absolute atomic E-state index is 13.2. The zero-order chi connectivity index (χ0) is 22.9. The predicted octanol–water partition coefficient (Wildman–Crippen LogP) is 3.00. The van der Waals surface area contributed by atoms with Gasteiger partial charge in [-0.05, 0) is 44.2 Å². The number of hydrogen-bond acceptors (Lipinski definition) is 4. The first-order valence-corrected chi connectivity index (χ1v) is 11.0. The number of rotatable bonds is 6. The van der Waals surface area contributed by atoms with Crippen LogP contribution in [0.3, 0.4) is 0 Å². The summed E-state index contributed by atoms with van der Waals surface area (Å²) in [6.07, 6.45) is 5.16. The summed E-state index contributed by atoms with van der Waals surface area (Å²) in [5.41, 5.74) is 1.29. The minimum atomic E-state index is -0.903. The van der Waals surface area contributed by atoms with Crippen molar-refractivity contribution >= 4 is 17.8 Å². The molecule has 8 nitrogen and oxygen atoms in total. The van der Waals surface area contributed by atoms with Gasteiger partial charge in [0.05, 0.1) is 24.0 Å². The smallest absolute Gasteiger partial charge is 0.325 e. The number of benzene rings is 1. The molecule has 2 aliphatic heterocycles. The lowest BCUT2D eigenvalue weighted by molar-refractivity contribution is -0.133. The van der Waals surface area contributed by atoms with Crippen LogP contribution in [0.2, 0.25) is 0 Å². The van der Waals surface area contributed by atoms with Crippen LogP contribution in [0, 0.1) is 5.92 Å². The Morgan fingerprint density at radius 1 is 1.22 bits per heavy atom. The van der Waals surface area contributed by atoms with Crippen molar-refractivity contribution in [1.29, 1.82) is 0 Å². The molecule has 2 fully saturated rings. The van der Waals surface area contributed by atoms with E-state index in [1.165, 1.54) is 4.90 Å². The summed E-state index contributed by atoms with van der Waals surface area (Å²) in [6, 6.07) is 9.29. The standard InChI is InChI=1S/C24H29N5O3/c1-4-24(22(31)28(15-17(2)3)23(32)26-24)19-10-12-27(13-11-19)21(30)18-14-25-29(16-18)20-8-6-5-7-9-20/h5-9,14,16,19H,2,4,10-13,15H2,1,3H3,(H,26,32)/t24-/m0/s1. The van der Waals surface area contributed by atoms with Crippen LogP contribution in [-0.4, -0.2) is 62.6 Å². The van der Waals surface area contributed by atoms with Gasteiger partial charge in [-0.1, -0.05) is 37.3 Å². The molecule has 1 aromatic carbocycles. The van der Waals surface area contributed by atoms with Gasteiger partial charge in [0.2, 0.25) is 0 Å². The van der Waals surface area contributed by atoms with Crippen molar-refractivity contribution in [1.82, 2.24) is 24.9 Å². The molecule has 168 valence electrons. The molecule has 4 amide bonds. The van der Waals surface area contributed by atoms with Crippen molar-refractivity contribution in [2.45, 2.75) is 38.6 Å². The lowest BCUT2D eigenvalue weighted by Crippen LogP contribution is -2.56. The van der Waals surface area contributed by atoms with E-state index < -0.39 is 5.54 Å². The van der Waals surface area contributed by atoms with Crippen LogP contribution in [0.5, 0.6) is 0 Å². The number of likely N-dealkylation sites (tertiary alicyclic amines) is 1. The van der Waals surface area contributed by atoms with Gasteiger partial charge in [-0.15, -0.1) is 0 Å². The lowest BCUT2D eigenvalue weighted by atomic mass is 9.75. The Bertz CT molecular complexity index is 1040. The van der Waals surface area contributed by atoms with E-state index in [0.717, 1.165) is 11.3 Å². The third-order valence-corrected chi connectivity index (χ3v) is 6.52. The molecule has 0 unspecified atom stereocenters. The Morgan fingerprint density at radius 2 is 1.91 bits per heavy atom. The number of urea groups is 1. The zero-order valence-corrected chi connectivity index (χ0v) is 18.6. The molecule has 1 aromatic heterocycles. The third-order valence-electron chi connectivity index (χ3n) is 6.52. The van der Waals surface area contributed by atoms with E-state index in [1.807, 2.05) is 37.3 Å². The van der Waals surface area contributed by atoms with Crippen molar-refractivity contribution in [3.05, 3.63) is 60.4 Å². The van der Waals surface area contributed by atoms with E-state index in [9.17, 15) is 14.4 Å². The second-order valence-corrected chi connectivity index (χ2v) is 8.68. The monoisotopic (exact) mass is 435 g/mol. The third kappa shape index (κ3) is 3.81. The summed E-state index contributed by atoms with van der Waals surface area (Å²) in [5.74, 6) is -0.265. The van der Waals surface area contributed by atoms with Crippen molar-refractivity contribution in [3.8, 4) is 5.69 Å². The van der Waals surface area contributed by atoms with E-state index in [-0.39, 0.29) is 30.3 Å². The first-order chi connectivity index (χ1) is 15.4. The topological polar surface area (TPSA) is 87.5 Å². The Kier molecular flexibility index (Phi) is 5.86. The average molecular weight is 436 g/mol. The highest BCUT2D eigenvalue weighted by atomic mass is 16.2. The molecular formula is C24H29N5O3. The highest BCUT2D eigenvalue weighted by Gasteiger charge is 2.54. The Labute approximate surface area is 187 Å². The molecular weight excluding hydrogens is 406 g/mol. The molecule has 1 atom stereocenters. The predicted molar refractivity (Wildman–Crippen MR) is 120 cm³/mol. The number of imide groups is 1. The highest BCUT2D eigenvalue weighted by Crippen LogP contribution is 2.36. The van der Waals surface area contributed by atoms with E-state index in [2.05, 4.69) is 17.0 Å². The van der Waals surface area contributed by atoms with Gasteiger partial charge in [0.25, 0.3) is 11.8 Å². The van der Waals surface area contributed by atoms with Crippen LogP contribution in [0.25, 0.3) is 5.69 Å². The van der Waals surface area contributed by atoms with E-state index in [4.69, 9.17) is 0 Å². The average Bonchev–Trinajstić information content (AvgIpc) is 3.39. The normalized spacial score (nSPS) is 21.7. The number of carbonyl (C=O) groups excluding carboxylic acids is 3. The van der Waals surface area contributed by atoms with Crippen LogP contribution >= 0.6 is 0 Å².